The van der Waals surface area contributed by atoms with Crippen molar-refractivity contribution in [3.8, 4) is 0 Å². The smallest absolute Gasteiger partial charge is 0.267 e. The molecule has 0 rings (SSSR count). The Labute approximate surface area is 60.4 Å². The van der Waals surface area contributed by atoms with Crippen LogP contribution in [0.5, 0.6) is 0 Å². The van der Waals surface area contributed by atoms with Crippen LogP contribution in [0.2, 0.25) is 0 Å². The molecule has 4 heteroatoms. The molecular weight excluding hydrogens is 130 g/mol. The minimum Gasteiger partial charge on any atom is -0.267 e. The molecule has 0 aliphatic carbocycles. The summed E-state index contributed by atoms with van der Waals surface area (Å²) >= 11 is 0. The van der Waals surface area contributed by atoms with Crippen molar-refractivity contribution >= 4 is 5.91 Å². The average Bonchev–Trinajstić information content (AvgIpc) is 1.90. The predicted octanol–water partition coefficient (Wildman–Crippen LogP) is -0.0813. The van der Waals surface area contributed by atoms with E-state index in [-0.39, 0.29) is 5.91 Å². The minimum atomic E-state index is -0.329. The Kier molecular flexibility index (Phi) is 3.68. The SMILES string of the molecule is C/C=C(/CC)C(=O)N(N)N. The van der Waals surface area contributed by atoms with Gasteiger partial charge < -0.3 is 0 Å². The molecule has 0 aromatic rings. The van der Waals surface area contributed by atoms with Crippen molar-refractivity contribution in [2.75, 3.05) is 0 Å². The Morgan fingerprint density at radius 1 is 1.60 bits per heavy atom. The number of rotatable bonds is 2. The zero-order valence-corrected chi connectivity index (χ0v) is 6.29. The van der Waals surface area contributed by atoms with Crippen LogP contribution in [0, 0.1) is 0 Å². The molecule has 10 heavy (non-hydrogen) atoms. The summed E-state index contributed by atoms with van der Waals surface area (Å²) in [6.07, 6.45) is 2.36. The molecule has 4 N–H and O–H groups in total. The average molecular weight is 143 g/mol. The maximum Gasteiger partial charge on any atom is 0.277 e. The van der Waals surface area contributed by atoms with Crippen LogP contribution in [0.15, 0.2) is 11.6 Å². The van der Waals surface area contributed by atoms with Crippen LogP contribution in [0.4, 0.5) is 0 Å². The van der Waals surface area contributed by atoms with Crippen molar-refractivity contribution in [2.24, 2.45) is 11.7 Å². The Morgan fingerprint density at radius 3 is 2.20 bits per heavy atom. The van der Waals surface area contributed by atoms with Gasteiger partial charge in [-0.1, -0.05) is 13.0 Å². The molecule has 0 saturated carbocycles. The van der Waals surface area contributed by atoms with Crippen molar-refractivity contribution in [1.82, 2.24) is 5.12 Å². The van der Waals surface area contributed by atoms with Crippen LogP contribution in [-0.4, -0.2) is 11.0 Å². The number of hydrogen-bond acceptors (Lipinski definition) is 3. The van der Waals surface area contributed by atoms with Crippen molar-refractivity contribution < 1.29 is 4.79 Å². The second-order valence-corrected chi connectivity index (χ2v) is 1.88. The van der Waals surface area contributed by atoms with E-state index in [9.17, 15) is 4.79 Å². The third kappa shape index (κ3) is 2.16. The molecule has 0 atom stereocenters. The van der Waals surface area contributed by atoms with Gasteiger partial charge in [-0.05, 0) is 13.3 Å². The third-order valence-electron chi connectivity index (χ3n) is 1.24. The van der Waals surface area contributed by atoms with Crippen molar-refractivity contribution in [3.05, 3.63) is 11.6 Å². The molecule has 0 aromatic carbocycles. The summed E-state index contributed by atoms with van der Waals surface area (Å²) in [5.41, 5.74) is 0.630. The van der Waals surface area contributed by atoms with E-state index in [0.29, 0.717) is 17.1 Å². The van der Waals surface area contributed by atoms with E-state index in [2.05, 4.69) is 0 Å². The minimum absolute atomic E-state index is 0.329. The maximum absolute atomic E-state index is 10.9. The molecule has 0 unspecified atom stereocenters. The lowest BCUT2D eigenvalue weighted by Gasteiger charge is -2.09. The lowest BCUT2D eigenvalue weighted by atomic mass is 10.2. The maximum atomic E-state index is 10.9. The van der Waals surface area contributed by atoms with Gasteiger partial charge in [0.2, 0.25) is 0 Å². The van der Waals surface area contributed by atoms with Gasteiger partial charge in [0.15, 0.2) is 0 Å². The first-order valence-electron chi connectivity index (χ1n) is 3.12. The van der Waals surface area contributed by atoms with Gasteiger partial charge in [-0.2, -0.15) is 0 Å². The first kappa shape index (κ1) is 9.13. The number of nitrogens with two attached hydrogens (primary N) is 2. The zero-order valence-electron chi connectivity index (χ0n) is 6.29. The highest BCUT2D eigenvalue weighted by Gasteiger charge is 2.08. The van der Waals surface area contributed by atoms with Gasteiger partial charge in [0.1, 0.15) is 0 Å². The molecule has 0 bridgehead atoms. The Hall–Kier alpha value is -0.870. The molecule has 4 nitrogen and oxygen atoms in total. The molecule has 0 heterocycles. The van der Waals surface area contributed by atoms with Crippen LogP contribution >= 0.6 is 0 Å². The molecular formula is C6H13N3O. The first-order valence-corrected chi connectivity index (χ1v) is 3.12. The highest BCUT2D eigenvalue weighted by atomic mass is 16.2. The molecule has 0 saturated heterocycles. The third-order valence-corrected chi connectivity index (χ3v) is 1.24. The van der Waals surface area contributed by atoms with Crippen molar-refractivity contribution in [3.63, 3.8) is 0 Å². The summed E-state index contributed by atoms with van der Waals surface area (Å²) in [6, 6.07) is 0. The molecule has 0 aliphatic heterocycles. The number of carbonyl (C=O) groups is 1. The van der Waals surface area contributed by atoms with Gasteiger partial charge >= 0.3 is 0 Å². The molecule has 58 valence electrons. The lowest BCUT2D eigenvalue weighted by molar-refractivity contribution is -0.127. The van der Waals surface area contributed by atoms with Crippen LogP contribution in [-0.2, 0) is 4.79 Å². The second-order valence-electron chi connectivity index (χ2n) is 1.88. The quantitative estimate of drug-likeness (QED) is 0.246. The summed E-state index contributed by atoms with van der Waals surface area (Å²) in [5, 5.41) is 0.596. The molecule has 0 fully saturated rings. The molecule has 1 amide bonds. The van der Waals surface area contributed by atoms with Gasteiger partial charge in [0.25, 0.3) is 5.91 Å². The van der Waals surface area contributed by atoms with E-state index in [4.69, 9.17) is 11.7 Å². The van der Waals surface area contributed by atoms with Crippen LogP contribution in [0.25, 0.3) is 0 Å². The van der Waals surface area contributed by atoms with Crippen molar-refractivity contribution in [1.29, 1.82) is 0 Å². The fraction of sp³-hybridized carbons (Fsp3) is 0.500. The standard InChI is InChI=1S/C6H13N3O/c1-3-5(4-2)6(10)9(7)8/h3H,4,7-8H2,1-2H3/b5-3-. The number of allylic oxidation sites excluding steroid dienone is 1. The number of carbonyl (C=O) groups excluding carboxylic acids is 1. The van der Waals surface area contributed by atoms with Gasteiger partial charge in [-0.15, -0.1) is 0 Å². The van der Waals surface area contributed by atoms with Crippen molar-refractivity contribution in [2.45, 2.75) is 20.3 Å². The Morgan fingerprint density at radius 2 is 2.10 bits per heavy atom. The molecule has 0 aromatic heterocycles. The number of nitrogens with zero attached hydrogens (tertiary/aromatic N) is 1. The van der Waals surface area contributed by atoms with Gasteiger partial charge in [-0.25, -0.2) is 16.8 Å². The monoisotopic (exact) mass is 143 g/mol. The zero-order chi connectivity index (χ0) is 8.15. The van der Waals surface area contributed by atoms with Gasteiger partial charge in [-0.3, -0.25) is 4.79 Å². The summed E-state index contributed by atoms with van der Waals surface area (Å²) < 4.78 is 0. The number of amides is 1. The fourth-order valence-electron chi connectivity index (χ4n) is 0.645. The molecule has 0 spiro atoms. The summed E-state index contributed by atoms with van der Waals surface area (Å²) in [6.45, 7) is 3.65. The largest absolute Gasteiger partial charge is 0.277 e. The first-order chi connectivity index (χ1) is 4.63. The Bertz CT molecular complexity index is 151. The summed E-state index contributed by atoms with van der Waals surface area (Å²) in [5.74, 6) is 9.69. The normalized spacial score (nSPS) is 11.4. The van der Waals surface area contributed by atoms with E-state index in [1.54, 1.807) is 13.0 Å². The number of hydrazine groups is 2. The second kappa shape index (κ2) is 4.03. The molecule has 0 aliphatic rings. The van der Waals surface area contributed by atoms with E-state index in [0.717, 1.165) is 0 Å². The number of hydrogen-bond donors (Lipinski definition) is 2. The highest BCUT2D eigenvalue weighted by molar-refractivity contribution is 5.92. The van der Waals surface area contributed by atoms with Gasteiger partial charge in [0.05, 0.1) is 0 Å². The lowest BCUT2D eigenvalue weighted by Crippen LogP contribution is -2.44. The molecule has 0 radical (unpaired) electrons. The Balaban J connectivity index is 4.18. The van der Waals surface area contributed by atoms with Gasteiger partial charge in [0, 0.05) is 5.57 Å². The summed E-state index contributed by atoms with van der Waals surface area (Å²) in [7, 11) is 0. The van der Waals surface area contributed by atoms with Crippen LogP contribution in [0.3, 0.4) is 0 Å². The van der Waals surface area contributed by atoms with E-state index < -0.39 is 0 Å². The van der Waals surface area contributed by atoms with E-state index >= 15 is 0 Å². The fourth-order valence-corrected chi connectivity index (χ4v) is 0.645. The van der Waals surface area contributed by atoms with E-state index in [1.807, 2.05) is 6.92 Å². The van der Waals surface area contributed by atoms with E-state index in [1.165, 1.54) is 0 Å². The predicted molar refractivity (Wildman–Crippen MR) is 39.3 cm³/mol. The highest BCUT2D eigenvalue weighted by Crippen LogP contribution is 2.00. The topological polar surface area (TPSA) is 72.3 Å². The van der Waals surface area contributed by atoms with Crippen LogP contribution < -0.4 is 11.7 Å². The summed E-state index contributed by atoms with van der Waals surface area (Å²) in [4.78, 5) is 10.9. The van der Waals surface area contributed by atoms with Crippen LogP contribution in [0.1, 0.15) is 20.3 Å².